The number of carbonyl (C=O) groups excluding carboxylic acids is 1. The summed E-state index contributed by atoms with van der Waals surface area (Å²) in [5.74, 6) is 1.42. The predicted octanol–water partition coefficient (Wildman–Crippen LogP) is 2.27. The Morgan fingerprint density at radius 2 is 1.90 bits per heavy atom. The van der Waals surface area contributed by atoms with Crippen molar-refractivity contribution in [2.24, 2.45) is 5.92 Å². The number of hydrogen-bond donors (Lipinski definition) is 0. The SMILES string of the molecule is O=C(CN1CCC(CN2CCCC2)CC1)c1ccco1. The summed E-state index contributed by atoms with van der Waals surface area (Å²) in [6, 6.07) is 3.53. The van der Waals surface area contributed by atoms with Crippen LogP contribution in [-0.4, -0.2) is 54.9 Å². The molecule has 0 atom stereocenters. The van der Waals surface area contributed by atoms with Gasteiger partial charge in [-0.25, -0.2) is 0 Å². The average Bonchev–Trinajstić information content (AvgIpc) is 3.13. The van der Waals surface area contributed by atoms with Gasteiger partial charge in [-0.1, -0.05) is 0 Å². The summed E-state index contributed by atoms with van der Waals surface area (Å²) >= 11 is 0. The number of Topliss-reactive ketones (excluding diaryl/α,β-unsaturated/α-hetero) is 1. The van der Waals surface area contributed by atoms with E-state index in [2.05, 4.69) is 9.80 Å². The van der Waals surface area contributed by atoms with E-state index in [1.54, 1.807) is 18.4 Å². The molecule has 0 aromatic carbocycles. The van der Waals surface area contributed by atoms with Crippen LogP contribution < -0.4 is 0 Å². The molecule has 110 valence electrons. The molecular formula is C16H24N2O2. The van der Waals surface area contributed by atoms with E-state index in [4.69, 9.17) is 4.42 Å². The smallest absolute Gasteiger partial charge is 0.211 e. The third kappa shape index (κ3) is 3.49. The van der Waals surface area contributed by atoms with Gasteiger partial charge in [-0.2, -0.15) is 0 Å². The lowest BCUT2D eigenvalue weighted by atomic mass is 9.96. The number of likely N-dealkylation sites (tertiary alicyclic amines) is 2. The Hall–Kier alpha value is -1.13. The minimum atomic E-state index is 0.105. The predicted molar refractivity (Wildman–Crippen MR) is 77.9 cm³/mol. The highest BCUT2D eigenvalue weighted by Gasteiger charge is 2.24. The number of hydrogen-bond acceptors (Lipinski definition) is 4. The highest BCUT2D eigenvalue weighted by molar-refractivity contribution is 5.94. The molecule has 2 fully saturated rings. The largest absolute Gasteiger partial charge is 0.461 e. The number of piperidine rings is 1. The third-order valence-corrected chi connectivity index (χ3v) is 4.59. The van der Waals surface area contributed by atoms with Crippen molar-refractivity contribution in [3.8, 4) is 0 Å². The average molecular weight is 276 g/mol. The molecule has 3 heterocycles. The maximum Gasteiger partial charge on any atom is 0.211 e. The molecule has 0 aliphatic carbocycles. The molecular weight excluding hydrogens is 252 g/mol. The topological polar surface area (TPSA) is 36.7 Å². The van der Waals surface area contributed by atoms with Gasteiger partial charge in [-0.05, 0) is 69.9 Å². The molecule has 2 aliphatic rings. The van der Waals surface area contributed by atoms with Crippen LogP contribution in [0.5, 0.6) is 0 Å². The van der Waals surface area contributed by atoms with Crippen molar-refractivity contribution in [1.82, 2.24) is 9.80 Å². The maximum atomic E-state index is 12.0. The van der Waals surface area contributed by atoms with Crippen LogP contribution in [0, 0.1) is 5.92 Å². The van der Waals surface area contributed by atoms with E-state index in [1.807, 2.05) is 0 Å². The molecule has 4 heteroatoms. The summed E-state index contributed by atoms with van der Waals surface area (Å²) in [6.45, 7) is 6.44. The number of rotatable bonds is 5. The van der Waals surface area contributed by atoms with Crippen LogP contribution in [0.15, 0.2) is 22.8 Å². The molecule has 2 aliphatic heterocycles. The van der Waals surface area contributed by atoms with Crippen molar-refractivity contribution in [2.75, 3.05) is 39.3 Å². The first-order valence-electron chi connectivity index (χ1n) is 7.82. The fraction of sp³-hybridized carbons (Fsp3) is 0.688. The quantitative estimate of drug-likeness (QED) is 0.773. The summed E-state index contributed by atoms with van der Waals surface area (Å²) in [5.41, 5.74) is 0. The Balaban J connectivity index is 1.40. The molecule has 0 unspecified atom stereocenters. The standard InChI is InChI=1S/C16H24N2O2/c19-15(16-4-3-11-20-16)13-18-9-5-14(6-10-18)12-17-7-1-2-8-17/h3-4,11,14H,1-2,5-10,12-13H2. The van der Waals surface area contributed by atoms with Gasteiger partial charge in [0.1, 0.15) is 0 Å². The lowest BCUT2D eigenvalue weighted by Crippen LogP contribution is -2.40. The molecule has 0 amide bonds. The molecule has 0 saturated carbocycles. The van der Waals surface area contributed by atoms with Crippen LogP contribution in [0.1, 0.15) is 36.2 Å². The zero-order valence-corrected chi connectivity index (χ0v) is 12.1. The molecule has 3 rings (SSSR count). The molecule has 0 bridgehead atoms. The number of nitrogens with zero attached hydrogens (tertiary/aromatic N) is 2. The Kier molecular flexibility index (Phi) is 4.53. The molecule has 0 spiro atoms. The van der Waals surface area contributed by atoms with E-state index in [1.165, 1.54) is 45.3 Å². The third-order valence-electron chi connectivity index (χ3n) is 4.59. The fourth-order valence-corrected chi connectivity index (χ4v) is 3.38. The highest BCUT2D eigenvalue weighted by atomic mass is 16.3. The summed E-state index contributed by atoms with van der Waals surface area (Å²) in [6.07, 6.45) is 6.76. The summed E-state index contributed by atoms with van der Waals surface area (Å²) in [4.78, 5) is 16.9. The van der Waals surface area contributed by atoms with Crippen LogP contribution in [0.25, 0.3) is 0 Å². The molecule has 20 heavy (non-hydrogen) atoms. The molecule has 4 nitrogen and oxygen atoms in total. The summed E-state index contributed by atoms with van der Waals surface area (Å²) < 4.78 is 5.16. The first-order chi connectivity index (χ1) is 9.81. The monoisotopic (exact) mass is 276 g/mol. The zero-order chi connectivity index (χ0) is 13.8. The molecule has 1 aromatic heterocycles. The van der Waals surface area contributed by atoms with E-state index in [0.29, 0.717) is 12.3 Å². The second kappa shape index (κ2) is 6.55. The van der Waals surface area contributed by atoms with Crippen LogP contribution in [-0.2, 0) is 0 Å². The summed E-state index contributed by atoms with van der Waals surface area (Å²) in [7, 11) is 0. The van der Waals surface area contributed by atoms with Crippen molar-refractivity contribution in [2.45, 2.75) is 25.7 Å². The van der Waals surface area contributed by atoms with E-state index in [-0.39, 0.29) is 5.78 Å². The Labute approximate surface area is 120 Å². The van der Waals surface area contributed by atoms with Crippen molar-refractivity contribution < 1.29 is 9.21 Å². The zero-order valence-electron chi connectivity index (χ0n) is 12.1. The van der Waals surface area contributed by atoms with Crippen LogP contribution in [0.3, 0.4) is 0 Å². The van der Waals surface area contributed by atoms with Gasteiger partial charge in [0.05, 0.1) is 12.8 Å². The van der Waals surface area contributed by atoms with Gasteiger partial charge in [0.25, 0.3) is 0 Å². The second-order valence-corrected chi connectivity index (χ2v) is 6.13. The van der Waals surface area contributed by atoms with Crippen LogP contribution >= 0.6 is 0 Å². The number of ketones is 1. The first kappa shape index (κ1) is 13.8. The second-order valence-electron chi connectivity index (χ2n) is 6.13. The Morgan fingerprint density at radius 1 is 1.15 bits per heavy atom. The van der Waals surface area contributed by atoms with Gasteiger partial charge in [-0.15, -0.1) is 0 Å². The maximum absolute atomic E-state index is 12.0. The molecule has 0 radical (unpaired) electrons. The van der Waals surface area contributed by atoms with Gasteiger partial charge < -0.3 is 9.32 Å². The lowest BCUT2D eigenvalue weighted by Gasteiger charge is -2.33. The van der Waals surface area contributed by atoms with Gasteiger partial charge in [-0.3, -0.25) is 9.69 Å². The normalized spacial score (nSPS) is 22.4. The van der Waals surface area contributed by atoms with E-state index in [9.17, 15) is 4.79 Å². The van der Waals surface area contributed by atoms with E-state index >= 15 is 0 Å². The Bertz CT molecular complexity index is 416. The van der Waals surface area contributed by atoms with E-state index < -0.39 is 0 Å². The Morgan fingerprint density at radius 3 is 2.55 bits per heavy atom. The first-order valence-corrected chi connectivity index (χ1v) is 7.82. The lowest BCUT2D eigenvalue weighted by molar-refractivity contribution is 0.0855. The number of furan rings is 1. The van der Waals surface area contributed by atoms with Gasteiger partial charge >= 0.3 is 0 Å². The minimum absolute atomic E-state index is 0.105. The molecule has 2 saturated heterocycles. The molecule has 0 N–H and O–H groups in total. The highest BCUT2D eigenvalue weighted by Crippen LogP contribution is 2.20. The van der Waals surface area contributed by atoms with Crippen molar-refractivity contribution in [1.29, 1.82) is 0 Å². The summed E-state index contributed by atoms with van der Waals surface area (Å²) in [5, 5.41) is 0. The van der Waals surface area contributed by atoms with Crippen LogP contribution in [0.4, 0.5) is 0 Å². The van der Waals surface area contributed by atoms with Crippen molar-refractivity contribution in [3.05, 3.63) is 24.2 Å². The fourth-order valence-electron chi connectivity index (χ4n) is 3.38. The number of carbonyl (C=O) groups is 1. The van der Waals surface area contributed by atoms with Crippen molar-refractivity contribution in [3.63, 3.8) is 0 Å². The minimum Gasteiger partial charge on any atom is -0.461 e. The van der Waals surface area contributed by atoms with Gasteiger partial charge in [0, 0.05) is 6.54 Å². The molecule has 1 aromatic rings. The van der Waals surface area contributed by atoms with Crippen LogP contribution in [0.2, 0.25) is 0 Å². The van der Waals surface area contributed by atoms with Crippen molar-refractivity contribution >= 4 is 5.78 Å². The van der Waals surface area contributed by atoms with Gasteiger partial charge in [0.15, 0.2) is 5.76 Å². The van der Waals surface area contributed by atoms with E-state index in [0.717, 1.165) is 19.0 Å². The van der Waals surface area contributed by atoms with Gasteiger partial charge in [0.2, 0.25) is 5.78 Å².